The van der Waals surface area contributed by atoms with Crippen molar-refractivity contribution in [2.75, 3.05) is 0 Å². The minimum atomic E-state index is -0.854. The van der Waals surface area contributed by atoms with Crippen molar-refractivity contribution in [3.8, 4) is 0 Å². The number of hydrogen-bond donors (Lipinski definition) is 1. The zero-order chi connectivity index (χ0) is 21.4. The number of unbranched alkanes of at least 4 members (excludes halogenated alkanes) is 1. The molecule has 1 heterocycles. The predicted molar refractivity (Wildman–Crippen MR) is 119 cm³/mol. The Hall–Kier alpha value is -1.68. The van der Waals surface area contributed by atoms with Crippen LogP contribution in [0.3, 0.4) is 0 Å². The lowest BCUT2D eigenvalue weighted by Gasteiger charge is -2.29. The van der Waals surface area contributed by atoms with Gasteiger partial charge < -0.3 is 9.67 Å². The molecule has 3 rings (SSSR count). The number of benzene rings is 1. The molecular formula is C25H38N2O2. The first-order valence-electron chi connectivity index (χ1n) is 11.2. The lowest BCUT2D eigenvalue weighted by Crippen LogP contribution is -2.25. The highest BCUT2D eigenvalue weighted by Crippen LogP contribution is 2.37. The summed E-state index contributed by atoms with van der Waals surface area (Å²) >= 11 is 0. The first-order chi connectivity index (χ1) is 13.5. The Morgan fingerprint density at radius 3 is 2.45 bits per heavy atom. The van der Waals surface area contributed by atoms with Gasteiger partial charge in [0.25, 0.3) is 0 Å². The third kappa shape index (κ3) is 4.91. The molecule has 160 valence electrons. The molecule has 29 heavy (non-hydrogen) atoms. The summed E-state index contributed by atoms with van der Waals surface area (Å²) in [4.78, 5) is 17.4. The minimum absolute atomic E-state index is 0.0352. The van der Waals surface area contributed by atoms with Crippen LogP contribution in [0.4, 0.5) is 0 Å². The average Bonchev–Trinajstić information content (AvgIpc) is 2.92. The highest BCUT2D eigenvalue weighted by molar-refractivity contribution is 5.81. The van der Waals surface area contributed by atoms with E-state index in [4.69, 9.17) is 4.98 Å². The van der Waals surface area contributed by atoms with Crippen LogP contribution < -0.4 is 0 Å². The number of aliphatic hydroxyl groups is 1. The van der Waals surface area contributed by atoms with Crippen LogP contribution in [0.5, 0.6) is 0 Å². The third-order valence-electron chi connectivity index (χ3n) is 6.76. The molecule has 2 aromatic rings. The van der Waals surface area contributed by atoms with E-state index in [0.717, 1.165) is 41.7 Å². The molecule has 0 radical (unpaired) electrons. The maximum Gasteiger partial charge on any atom is 0.136 e. The van der Waals surface area contributed by atoms with E-state index in [1.54, 1.807) is 0 Å². The summed E-state index contributed by atoms with van der Waals surface area (Å²) in [7, 11) is 0. The number of imidazole rings is 1. The van der Waals surface area contributed by atoms with Gasteiger partial charge in [0, 0.05) is 24.8 Å². The van der Waals surface area contributed by atoms with Crippen LogP contribution in [0.1, 0.15) is 97.5 Å². The topological polar surface area (TPSA) is 55.1 Å². The van der Waals surface area contributed by atoms with E-state index in [-0.39, 0.29) is 11.3 Å². The summed E-state index contributed by atoms with van der Waals surface area (Å²) in [6.07, 6.45) is 7.14. The molecule has 4 heteroatoms. The smallest absolute Gasteiger partial charge is 0.136 e. The van der Waals surface area contributed by atoms with Crippen LogP contribution in [0.15, 0.2) is 18.2 Å². The third-order valence-corrected chi connectivity index (χ3v) is 6.76. The Morgan fingerprint density at radius 2 is 1.90 bits per heavy atom. The van der Waals surface area contributed by atoms with Crippen molar-refractivity contribution in [1.29, 1.82) is 0 Å². The first-order valence-corrected chi connectivity index (χ1v) is 11.2. The number of ketones is 1. The molecular weight excluding hydrogens is 360 g/mol. The normalized spacial score (nSPS) is 16.8. The zero-order valence-electron chi connectivity index (χ0n) is 19.1. The summed E-state index contributed by atoms with van der Waals surface area (Å²) in [5.74, 6) is 1.61. The van der Waals surface area contributed by atoms with Crippen molar-refractivity contribution in [1.82, 2.24) is 9.55 Å². The molecule has 0 amide bonds. The van der Waals surface area contributed by atoms with Gasteiger partial charge in [-0.25, -0.2) is 4.98 Å². The standard InChI is InChI=1S/C25H38N2O2/c1-17(24(2,3)4)22(28)12-7-8-13-23-26-20-15-14-18(25(5,6)29)16-21(20)27(23)19-10-9-11-19/h14-17,19,29H,7-13H2,1-6H3/t17-/m1/s1. The summed E-state index contributed by atoms with van der Waals surface area (Å²) in [5, 5.41) is 10.4. The number of Topliss-reactive ketones (excluding diaryl/α,β-unsaturated/α-hetero) is 1. The quantitative estimate of drug-likeness (QED) is 0.559. The number of carbonyl (C=O) groups is 1. The monoisotopic (exact) mass is 398 g/mol. The fourth-order valence-electron chi connectivity index (χ4n) is 4.03. The Balaban J connectivity index is 1.73. The van der Waals surface area contributed by atoms with Gasteiger partial charge >= 0.3 is 0 Å². The maximum atomic E-state index is 12.5. The Morgan fingerprint density at radius 1 is 1.21 bits per heavy atom. The number of aryl methyl sites for hydroxylation is 1. The second-order valence-corrected chi connectivity index (χ2v) is 10.5. The van der Waals surface area contributed by atoms with E-state index >= 15 is 0 Å². The van der Waals surface area contributed by atoms with Crippen molar-refractivity contribution in [2.45, 2.75) is 98.1 Å². The number of hydrogen-bond acceptors (Lipinski definition) is 3. The van der Waals surface area contributed by atoms with Gasteiger partial charge in [0.15, 0.2) is 0 Å². The van der Waals surface area contributed by atoms with Gasteiger partial charge in [-0.2, -0.15) is 0 Å². The van der Waals surface area contributed by atoms with E-state index in [9.17, 15) is 9.90 Å². The number of carbonyl (C=O) groups excluding carboxylic acids is 1. The highest BCUT2D eigenvalue weighted by Gasteiger charge is 2.27. The van der Waals surface area contributed by atoms with E-state index in [2.05, 4.69) is 38.3 Å². The fourth-order valence-corrected chi connectivity index (χ4v) is 4.03. The predicted octanol–water partition coefficient (Wildman–Crippen LogP) is 5.95. The van der Waals surface area contributed by atoms with Crippen molar-refractivity contribution in [3.05, 3.63) is 29.6 Å². The van der Waals surface area contributed by atoms with E-state index in [1.165, 1.54) is 19.3 Å². The molecule has 0 saturated heterocycles. The van der Waals surface area contributed by atoms with Crippen LogP contribution >= 0.6 is 0 Å². The summed E-state index contributed by atoms with van der Waals surface area (Å²) < 4.78 is 2.41. The van der Waals surface area contributed by atoms with Crippen molar-refractivity contribution in [2.24, 2.45) is 11.3 Å². The van der Waals surface area contributed by atoms with E-state index in [1.807, 2.05) is 26.0 Å². The fraction of sp³-hybridized carbons (Fsp3) is 0.680. The van der Waals surface area contributed by atoms with Gasteiger partial charge in [0.05, 0.1) is 16.6 Å². The summed E-state index contributed by atoms with van der Waals surface area (Å²) in [5.41, 5.74) is 2.26. The van der Waals surface area contributed by atoms with Crippen molar-refractivity contribution in [3.63, 3.8) is 0 Å². The van der Waals surface area contributed by atoms with Crippen LogP contribution in [0, 0.1) is 11.3 Å². The Labute approximate surface area is 175 Å². The van der Waals surface area contributed by atoms with Gasteiger partial charge in [-0.05, 0) is 69.1 Å². The zero-order valence-corrected chi connectivity index (χ0v) is 19.1. The molecule has 1 aromatic heterocycles. The van der Waals surface area contributed by atoms with Gasteiger partial charge in [-0.3, -0.25) is 4.79 Å². The molecule has 0 bridgehead atoms. The van der Waals surface area contributed by atoms with Gasteiger partial charge in [-0.1, -0.05) is 33.8 Å². The number of nitrogens with zero attached hydrogens (tertiary/aromatic N) is 2. The van der Waals surface area contributed by atoms with Gasteiger partial charge in [0.1, 0.15) is 11.6 Å². The molecule has 4 nitrogen and oxygen atoms in total. The van der Waals surface area contributed by atoms with E-state index < -0.39 is 5.60 Å². The number of fused-ring (bicyclic) bond motifs is 1. The van der Waals surface area contributed by atoms with E-state index in [0.29, 0.717) is 18.2 Å². The SMILES string of the molecule is C[C@H](C(=O)CCCCc1nc2ccc(C(C)(C)O)cc2n1C1CCC1)C(C)(C)C. The van der Waals surface area contributed by atoms with Crippen LogP contribution in [0.2, 0.25) is 0 Å². The number of aromatic nitrogens is 2. The lowest BCUT2D eigenvalue weighted by atomic mass is 9.78. The molecule has 1 atom stereocenters. The first kappa shape index (κ1) is 22.0. The minimum Gasteiger partial charge on any atom is -0.386 e. The maximum absolute atomic E-state index is 12.5. The second-order valence-electron chi connectivity index (χ2n) is 10.5. The van der Waals surface area contributed by atoms with Crippen molar-refractivity contribution < 1.29 is 9.90 Å². The molecule has 1 aliphatic rings. The summed E-state index contributed by atoms with van der Waals surface area (Å²) in [6, 6.07) is 6.65. The molecule has 1 aliphatic carbocycles. The van der Waals surface area contributed by atoms with Crippen molar-refractivity contribution >= 4 is 16.8 Å². The molecule has 0 aliphatic heterocycles. The molecule has 0 spiro atoms. The summed E-state index contributed by atoms with van der Waals surface area (Å²) in [6.45, 7) is 12.1. The number of rotatable bonds is 8. The largest absolute Gasteiger partial charge is 0.386 e. The average molecular weight is 399 g/mol. The Kier molecular flexibility index (Phi) is 6.24. The highest BCUT2D eigenvalue weighted by atomic mass is 16.3. The lowest BCUT2D eigenvalue weighted by molar-refractivity contribution is -0.125. The Bertz CT molecular complexity index is 863. The molecule has 1 saturated carbocycles. The molecule has 1 aromatic carbocycles. The van der Waals surface area contributed by atoms with Gasteiger partial charge in [-0.15, -0.1) is 0 Å². The molecule has 1 N–H and O–H groups in total. The second kappa shape index (κ2) is 8.22. The van der Waals surface area contributed by atoms with Crippen LogP contribution in [0.25, 0.3) is 11.0 Å². The van der Waals surface area contributed by atoms with Crippen LogP contribution in [-0.4, -0.2) is 20.4 Å². The van der Waals surface area contributed by atoms with Gasteiger partial charge in [0.2, 0.25) is 0 Å². The molecule has 0 unspecified atom stereocenters. The molecule has 1 fully saturated rings. The van der Waals surface area contributed by atoms with Crippen LogP contribution in [-0.2, 0) is 16.8 Å².